The molecule has 0 saturated heterocycles. The first kappa shape index (κ1) is 18.5. The van der Waals surface area contributed by atoms with Gasteiger partial charge in [0, 0.05) is 27.7 Å². The zero-order valence-corrected chi connectivity index (χ0v) is 15.5. The van der Waals surface area contributed by atoms with E-state index in [1.54, 1.807) is 55.5 Å². The van der Waals surface area contributed by atoms with Crippen molar-refractivity contribution in [2.45, 2.75) is 13.8 Å². The molecule has 0 fully saturated rings. The lowest BCUT2D eigenvalue weighted by Gasteiger charge is -2.09. The van der Waals surface area contributed by atoms with Crippen LogP contribution in [0.15, 0.2) is 54.6 Å². The van der Waals surface area contributed by atoms with E-state index in [0.29, 0.717) is 33.6 Å². The molecule has 1 amide bonds. The topological polar surface area (TPSA) is 84.0 Å². The van der Waals surface area contributed by atoms with E-state index in [0.717, 1.165) is 0 Å². The van der Waals surface area contributed by atoms with E-state index in [1.807, 2.05) is 6.07 Å². The number of benzene rings is 2. The van der Waals surface area contributed by atoms with Crippen LogP contribution in [0.25, 0.3) is 0 Å². The molecule has 6 nitrogen and oxygen atoms in total. The van der Waals surface area contributed by atoms with Gasteiger partial charge in [-0.1, -0.05) is 29.8 Å². The van der Waals surface area contributed by atoms with Crippen LogP contribution in [0.3, 0.4) is 0 Å². The molecule has 0 bridgehead atoms. The Balaban J connectivity index is 1.82. The fourth-order valence-electron chi connectivity index (χ4n) is 2.45. The van der Waals surface area contributed by atoms with Gasteiger partial charge in [0.1, 0.15) is 5.69 Å². The van der Waals surface area contributed by atoms with E-state index >= 15 is 0 Å². The highest BCUT2D eigenvalue weighted by molar-refractivity contribution is 6.30. The Hall–Kier alpha value is -3.25. The van der Waals surface area contributed by atoms with Gasteiger partial charge < -0.3 is 10.6 Å². The molecule has 0 saturated carbocycles. The molecule has 7 heteroatoms. The highest BCUT2D eigenvalue weighted by Crippen LogP contribution is 2.19. The number of carbonyl (C=O) groups excluding carboxylic acids is 2. The van der Waals surface area contributed by atoms with Crippen LogP contribution in [0.5, 0.6) is 0 Å². The molecule has 0 radical (unpaired) electrons. The van der Waals surface area contributed by atoms with Gasteiger partial charge in [0.2, 0.25) is 5.95 Å². The molecule has 0 aliphatic rings. The number of hydrogen-bond acceptors (Lipinski definition) is 5. The number of hydrogen-bond donors (Lipinski definition) is 2. The van der Waals surface area contributed by atoms with E-state index in [9.17, 15) is 9.59 Å². The number of halogens is 1. The molecule has 2 N–H and O–H groups in total. The third-order valence-electron chi connectivity index (χ3n) is 3.69. The second-order valence-corrected chi connectivity index (χ2v) is 6.38. The Kier molecular flexibility index (Phi) is 5.47. The summed E-state index contributed by atoms with van der Waals surface area (Å²) in [6, 6.07) is 15.5. The monoisotopic (exact) mass is 380 g/mol. The lowest BCUT2D eigenvalue weighted by molar-refractivity contribution is 0.100. The predicted molar refractivity (Wildman–Crippen MR) is 106 cm³/mol. The van der Waals surface area contributed by atoms with Crippen molar-refractivity contribution in [2.24, 2.45) is 0 Å². The standard InChI is InChI=1S/C20H17ClN4O2/c1-12-9-18(19(27)23-16-7-3-5-14(10-16)13(2)26)25-20(22-12)24-17-8-4-6-15(21)11-17/h3-11H,1-2H3,(H,23,27)(H,22,24,25). The third-order valence-corrected chi connectivity index (χ3v) is 3.93. The average Bonchev–Trinajstić information content (AvgIpc) is 2.61. The summed E-state index contributed by atoms with van der Waals surface area (Å²) in [5.41, 5.74) is 2.61. The predicted octanol–water partition coefficient (Wildman–Crippen LogP) is 4.64. The molecule has 1 aromatic heterocycles. The number of anilines is 3. The first-order chi connectivity index (χ1) is 12.9. The molecule has 0 aliphatic carbocycles. The van der Waals surface area contributed by atoms with Crippen LogP contribution >= 0.6 is 11.6 Å². The maximum atomic E-state index is 12.6. The lowest BCUT2D eigenvalue weighted by Crippen LogP contribution is -2.15. The van der Waals surface area contributed by atoms with E-state index in [1.165, 1.54) is 6.92 Å². The molecule has 3 aromatic rings. The minimum atomic E-state index is -0.393. The van der Waals surface area contributed by atoms with Crippen LogP contribution in [0, 0.1) is 6.92 Å². The fourth-order valence-corrected chi connectivity index (χ4v) is 2.64. The van der Waals surface area contributed by atoms with E-state index in [4.69, 9.17) is 11.6 Å². The zero-order valence-electron chi connectivity index (χ0n) is 14.8. The Morgan fingerprint density at radius 2 is 1.70 bits per heavy atom. The smallest absolute Gasteiger partial charge is 0.274 e. The second kappa shape index (κ2) is 7.97. The molecular formula is C20H17ClN4O2. The molecule has 3 rings (SSSR count). The van der Waals surface area contributed by atoms with Crippen molar-refractivity contribution >= 4 is 40.6 Å². The summed E-state index contributed by atoms with van der Waals surface area (Å²) in [5.74, 6) is -0.174. The van der Waals surface area contributed by atoms with Crippen molar-refractivity contribution in [3.8, 4) is 0 Å². The maximum absolute atomic E-state index is 12.6. The fraction of sp³-hybridized carbons (Fsp3) is 0.100. The summed E-state index contributed by atoms with van der Waals surface area (Å²) < 4.78 is 0. The van der Waals surface area contributed by atoms with Gasteiger partial charge >= 0.3 is 0 Å². The minimum Gasteiger partial charge on any atom is -0.324 e. The Bertz CT molecular complexity index is 1020. The zero-order chi connectivity index (χ0) is 19.4. The van der Waals surface area contributed by atoms with Gasteiger partial charge in [0.05, 0.1) is 0 Å². The van der Waals surface area contributed by atoms with Gasteiger partial charge in [-0.15, -0.1) is 0 Å². The van der Waals surface area contributed by atoms with Crippen molar-refractivity contribution in [3.05, 3.63) is 76.6 Å². The van der Waals surface area contributed by atoms with Gasteiger partial charge in [-0.05, 0) is 50.2 Å². The minimum absolute atomic E-state index is 0.0722. The summed E-state index contributed by atoms with van der Waals surface area (Å²) in [6.07, 6.45) is 0. The van der Waals surface area contributed by atoms with Crippen LogP contribution in [-0.4, -0.2) is 21.7 Å². The van der Waals surface area contributed by atoms with Crippen LogP contribution < -0.4 is 10.6 Å². The number of nitrogens with one attached hydrogen (secondary N) is 2. The number of ketones is 1. The van der Waals surface area contributed by atoms with Crippen molar-refractivity contribution in [1.29, 1.82) is 0 Å². The summed E-state index contributed by atoms with van der Waals surface area (Å²) in [5, 5.41) is 6.37. The number of aryl methyl sites for hydroxylation is 1. The number of amides is 1. The van der Waals surface area contributed by atoms with Crippen LogP contribution in [0.2, 0.25) is 5.02 Å². The van der Waals surface area contributed by atoms with E-state index in [2.05, 4.69) is 20.6 Å². The van der Waals surface area contributed by atoms with Gasteiger partial charge in [-0.3, -0.25) is 9.59 Å². The first-order valence-electron chi connectivity index (χ1n) is 8.21. The molecule has 1 heterocycles. The van der Waals surface area contributed by atoms with E-state index < -0.39 is 5.91 Å². The molecule has 0 aliphatic heterocycles. The van der Waals surface area contributed by atoms with Gasteiger partial charge in [-0.2, -0.15) is 0 Å². The first-order valence-corrected chi connectivity index (χ1v) is 8.59. The maximum Gasteiger partial charge on any atom is 0.274 e. The SMILES string of the molecule is CC(=O)c1cccc(NC(=O)c2cc(C)nc(Nc3cccc(Cl)c3)n2)c1. The largest absolute Gasteiger partial charge is 0.324 e. The van der Waals surface area contributed by atoms with Crippen LogP contribution in [0.4, 0.5) is 17.3 Å². The van der Waals surface area contributed by atoms with Gasteiger partial charge in [0.15, 0.2) is 5.78 Å². The Labute approximate surface area is 161 Å². The Morgan fingerprint density at radius 3 is 2.44 bits per heavy atom. The van der Waals surface area contributed by atoms with Crippen LogP contribution in [0.1, 0.15) is 33.5 Å². The summed E-state index contributed by atoms with van der Waals surface area (Å²) in [7, 11) is 0. The number of nitrogens with zero attached hydrogens (tertiary/aromatic N) is 2. The highest BCUT2D eigenvalue weighted by atomic mass is 35.5. The summed E-state index contributed by atoms with van der Waals surface area (Å²) in [6.45, 7) is 3.25. The molecular weight excluding hydrogens is 364 g/mol. The number of carbonyl (C=O) groups is 2. The molecule has 27 heavy (non-hydrogen) atoms. The van der Waals surface area contributed by atoms with Gasteiger partial charge in [-0.25, -0.2) is 9.97 Å². The van der Waals surface area contributed by atoms with E-state index in [-0.39, 0.29) is 11.5 Å². The molecule has 0 atom stereocenters. The van der Waals surface area contributed by atoms with Crippen molar-refractivity contribution in [3.63, 3.8) is 0 Å². The third kappa shape index (κ3) is 4.89. The molecule has 2 aromatic carbocycles. The lowest BCUT2D eigenvalue weighted by atomic mass is 10.1. The van der Waals surface area contributed by atoms with Crippen molar-refractivity contribution in [1.82, 2.24) is 9.97 Å². The van der Waals surface area contributed by atoms with Crippen molar-refractivity contribution in [2.75, 3.05) is 10.6 Å². The van der Waals surface area contributed by atoms with Gasteiger partial charge in [0.25, 0.3) is 5.91 Å². The Morgan fingerprint density at radius 1 is 0.963 bits per heavy atom. The second-order valence-electron chi connectivity index (χ2n) is 5.94. The summed E-state index contributed by atoms with van der Waals surface area (Å²) in [4.78, 5) is 32.6. The number of aromatic nitrogens is 2. The summed E-state index contributed by atoms with van der Waals surface area (Å²) >= 11 is 5.98. The highest BCUT2D eigenvalue weighted by Gasteiger charge is 2.12. The van der Waals surface area contributed by atoms with Crippen LogP contribution in [-0.2, 0) is 0 Å². The quantitative estimate of drug-likeness (QED) is 0.630. The number of Topliss-reactive ketones (excluding diaryl/α,β-unsaturated/α-hetero) is 1. The number of rotatable bonds is 5. The van der Waals surface area contributed by atoms with Crippen molar-refractivity contribution < 1.29 is 9.59 Å². The molecule has 136 valence electrons. The molecule has 0 unspecified atom stereocenters. The molecule has 0 spiro atoms. The average molecular weight is 381 g/mol. The normalized spacial score (nSPS) is 10.3.